The van der Waals surface area contributed by atoms with E-state index < -0.39 is 7.12 Å². The molecule has 0 aromatic carbocycles. The van der Waals surface area contributed by atoms with Crippen molar-refractivity contribution < 1.29 is 14.8 Å². The summed E-state index contributed by atoms with van der Waals surface area (Å²) in [5, 5.41) is 17.2. The molecule has 0 amide bonds. The average molecular weight is 180 g/mol. The lowest BCUT2D eigenvalue weighted by Gasteiger charge is -2.10. The molecule has 1 rings (SSSR count). The van der Waals surface area contributed by atoms with E-state index in [9.17, 15) is 0 Å². The quantitative estimate of drug-likeness (QED) is 0.631. The summed E-state index contributed by atoms with van der Waals surface area (Å²) in [6, 6.07) is 0. The normalized spacial score (nSPS) is 16.8. The highest BCUT2D eigenvalue weighted by Gasteiger charge is 2.05. The minimum atomic E-state index is -1.37. The molecule has 0 aliphatic heterocycles. The van der Waals surface area contributed by atoms with Gasteiger partial charge in [0, 0.05) is 6.42 Å². The summed E-state index contributed by atoms with van der Waals surface area (Å²) in [5.41, 5.74) is 1.08. The first kappa shape index (κ1) is 10.1. The van der Waals surface area contributed by atoms with Crippen LogP contribution in [0.2, 0.25) is 0 Å². The van der Waals surface area contributed by atoms with Crippen molar-refractivity contribution in [3.63, 3.8) is 0 Å². The zero-order valence-electron chi connectivity index (χ0n) is 7.60. The zero-order valence-corrected chi connectivity index (χ0v) is 7.60. The molecule has 70 valence electrons. The van der Waals surface area contributed by atoms with Gasteiger partial charge in [0.1, 0.15) is 0 Å². The van der Waals surface area contributed by atoms with E-state index in [1.807, 2.05) is 12.2 Å². The largest absolute Gasteiger partial charge is 0.501 e. The Labute approximate surface area is 78.2 Å². The van der Waals surface area contributed by atoms with Crippen LogP contribution in [0.1, 0.15) is 12.8 Å². The molecule has 0 aromatic rings. The monoisotopic (exact) mass is 180 g/mol. The fraction of sp³-hybridized carbons (Fsp3) is 0.333. The Bertz CT molecular complexity index is 254. The van der Waals surface area contributed by atoms with Gasteiger partial charge >= 0.3 is 7.12 Å². The van der Waals surface area contributed by atoms with Crippen LogP contribution in [0.25, 0.3) is 0 Å². The molecule has 0 unspecified atom stereocenters. The lowest BCUT2D eigenvalue weighted by Crippen LogP contribution is -2.06. The van der Waals surface area contributed by atoms with Crippen LogP contribution in [0.4, 0.5) is 0 Å². The Morgan fingerprint density at radius 1 is 1.38 bits per heavy atom. The zero-order chi connectivity index (χ0) is 9.68. The highest BCUT2D eigenvalue weighted by Crippen LogP contribution is 2.19. The van der Waals surface area contributed by atoms with Crippen LogP contribution in [0, 0.1) is 0 Å². The number of ether oxygens (including phenoxy) is 1. The van der Waals surface area contributed by atoms with E-state index in [0.29, 0.717) is 0 Å². The molecule has 1 aliphatic rings. The van der Waals surface area contributed by atoms with Crippen molar-refractivity contribution in [1.29, 1.82) is 0 Å². The van der Waals surface area contributed by atoms with Crippen LogP contribution in [0.15, 0.2) is 35.5 Å². The molecule has 4 heteroatoms. The smallest absolute Gasteiger partial charge is 0.480 e. The van der Waals surface area contributed by atoms with E-state index in [1.165, 1.54) is 5.98 Å². The molecular weight excluding hydrogens is 167 g/mol. The van der Waals surface area contributed by atoms with Gasteiger partial charge in [0.2, 0.25) is 0 Å². The molecule has 2 N–H and O–H groups in total. The second kappa shape index (κ2) is 4.89. The predicted octanol–water partition coefficient (Wildman–Crippen LogP) is 0.805. The van der Waals surface area contributed by atoms with Gasteiger partial charge in [-0.05, 0) is 18.1 Å². The lowest BCUT2D eigenvalue weighted by molar-refractivity contribution is 0.276. The lowest BCUT2D eigenvalue weighted by atomic mass is 9.89. The standard InChI is InChI=1S/C9H13BO3/c1-13-9-4-2-8(3-5-9)6-7-10(11)12/h2,4,6-7,11-12H,3,5H2,1H3. The number of methoxy groups -OCH3 is 1. The Morgan fingerprint density at radius 2 is 2.15 bits per heavy atom. The van der Waals surface area contributed by atoms with Crippen molar-refractivity contribution in [2.45, 2.75) is 12.8 Å². The van der Waals surface area contributed by atoms with Crippen LogP contribution in [0.5, 0.6) is 0 Å². The molecular formula is C9H13BO3. The van der Waals surface area contributed by atoms with E-state index in [1.54, 1.807) is 13.2 Å². The molecule has 0 spiro atoms. The number of hydrogen-bond acceptors (Lipinski definition) is 3. The van der Waals surface area contributed by atoms with Gasteiger partial charge in [0.05, 0.1) is 12.9 Å². The van der Waals surface area contributed by atoms with Gasteiger partial charge in [-0.25, -0.2) is 0 Å². The van der Waals surface area contributed by atoms with Gasteiger partial charge in [0.15, 0.2) is 0 Å². The molecule has 0 fully saturated rings. The maximum absolute atomic E-state index is 8.58. The minimum Gasteiger partial charge on any atom is -0.501 e. The maximum atomic E-state index is 8.58. The van der Waals surface area contributed by atoms with Crippen LogP contribution >= 0.6 is 0 Å². The Balaban J connectivity index is 2.55. The van der Waals surface area contributed by atoms with Crippen molar-refractivity contribution in [2.75, 3.05) is 7.11 Å². The van der Waals surface area contributed by atoms with Gasteiger partial charge in [-0.2, -0.15) is 0 Å². The molecule has 0 aromatic heterocycles. The molecule has 0 atom stereocenters. The predicted molar refractivity (Wildman–Crippen MR) is 51.7 cm³/mol. The first-order valence-electron chi connectivity index (χ1n) is 4.20. The highest BCUT2D eigenvalue weighted by molar-refractivity contribution is 6.47. The molecule has 3 nitrogen and oxygen atoms in total. The molecule has 0 heterocycles. The van der Waals surface area contributed by atoms with Gasteiger partial charge < -0.3 is 14.8 Å². The Morgan fingerprint density at radius 3 is 2.62 bits per heavy atom. The molecule has 0 saturated heterocycles. The van der Waals surface area contributed by atoms with Crippen LogP contribution in [-0.4, -0.2) is 24.3 Å². The minimum absolute atomic E-state index is 0.869. The van der Waals surface area contributed by atoms with Gasteiger partial charge in [-0.3, -0.25) is 0 Å². The van der Waals surface area contributed by atoms with E-state index >= 15 is 0 Å². The molecule has 0 radical (unpaired) electrons. The van der Waals surface area contributed by atoms with Gasteiger partial charge in [0.25, 0.3) is 0 Å². The molecule has 13 heavy (non-hydrogen) atoms. The SMILES string of the molecule is COC1=CC=C(C=CB(O)O)CC1. The van der Waals surface area contributed by atoms with E-state index in [2.05, 4.69) is 0 Å². The summed E-state index contributed by atoms with van der Waals surface area (Å²) in [5.74, 6) is 2.30. The summed E-state index contributed by atoms with van der Waals surface area (Å²) in [7, 11) is 0.284. The number of hydrogen-bond donors (Lipinski definition) is 2. The van der Waals surface area contributed by atoms with E-state index in [-0.39, 0.29) is 0 Å². The molecule has 0 bridgehead atoms. The summed E-state index contributed by atoms with van der Waals surface area (Å²) < 4.78 is 5.06. The number of allylic oxidation sites excluding steroid dienone is 5. The summed E-state index contributed by atoms with van der Waals surface area (Å²) >= 11 is 0. The topological polar surface area (TPSA) is 49.7 Å². The highest BCUT2D eigenvalue weighted by atomic mass is 16.5. The second-order valence-electron chi connectivity index (χ2n) is 2.85. The molecule has 1 aliphatic carbocycles. The van der Waals surface area contributed by atoms with Crippen molar-refractivity contribution >= 4 is 7.12 Å². The summed E-state index contributed by atoms with van der Waals surface area (Å²) in [6.07, 6.45) is 7.28. The third kappa shape index (κ3) is 3.48. The van der Waals surface area contributed by atoms with Crippen LogP contribution in [-0.2, 0) is 4.74 Å². The van der Waals surface area contributed by atoms with Crippen LogP contribution < -0.4 is 0 Å². The maximum Gasteiger partial charge on any atom is 0.480 e. The van der Waals surface area contributed by atoms with Crippen molar-refractivity contribution in [3.8, 4) is 0 Å². The van der Waals surface area contributed by atoms with Crippen LogP contribution in [0.3, 0.4) is 0 Å². The average Bonchev–Trinajstić information content (AvgIpc) is 2.15. The second-order valence-corrected chi connectivity index (χ2v) is 2.85. The first-order valence-corrected chi connectivity index (χ1v) is 4.20. The third-order valence-electron chi connectivity index (χ3n) is 1.89. The van der Waals surface area contributed by atoms with E-state index in [4.69, 9.17) is 14.8 Å². The van der Waals surface area contributed by atoms with E-state index in [0.717, 1.165) is 24.2 Å². The Hall–Kier alpha value is -0.995. The van der Waals surface area contributed by atoms with Gasteiger partial charge in [-0.15, -0.1) is 0 Å². The van der Waals surface area contributed by atoms with Gasteiger partial charge in [-0.1, -0.05) is 18.1 Å². The van der Waals surface area contributed by atoms with Crippen molar-refractivity contribution in [3.05, 3.63) is 35.5 Å². The fourth-order valence-electron chi connectivity index (χ4n) is 1.15. The summed E-state index contributed by atoms with van der Waals surface area (Å²) in [4.78, 5) is 0. The fourth-order valence-corrected chi connectivity index (χ4v) is 1.15. The third-order valence-corrected chi connectivity index (χ3v) is 1.89. The number of rotatable bonds is 3. The molecule has 0 saturated carbocycles. The first-order chi connectivity index (χ1) is 6.22. The van der Waals surface area contributed by atoms with Crippen molar-refractivity contribution in [1.82, 2.24) is 0 Å². The van der Waals surface area contributed by atoms with Crippen molar-refractivity contribution in [2.24, 2.45) is 0 Å². The Kier molecular flexibility index (Phi) is 3.80. The summed E-state index contributed by atoms with van der Waals surface area (Å²) in [6.45, 7) is 0.